The van der Waals surface area contributed by atoms with Gasteiger partial charge in [-0.3, -0.25) is 9.59 Å². The van der Waals surface area contributed by atoms with Gasteiger partial charge >= 0.3 is 5.97 Å². The van der Waals surface area contributed by atoms with Crippen LogP contribution in [0, 0.1) is 5.92 Å². The maximum Gasteiger partial charge on any atom is 0.309 e. The summed E-state index contributed by atoms with van der Waals surface area (Å²) in [5.41, 5.74) is 0.962. The topological polar surface area (TPSA) is 64.6 Å². The van der Waals surface area contributed by atoms with E-state index in [1.165, 1.54) is 0 Å². The third-order valence-electron chi connectivity index (χ3n) is 3.43. The van der Waals surface area contributed by atoms with Crippen LogP contribution in [0.1, 0.15) is 24.8 Å². The van der Waals surface area contributed by atoms with Crippen LogP contribution in [0.25, 0.3) is 0 Å². The van der Waals surface area contributed by atoms with Gasteiger partial charge in [-0.1, -0.05) is 18.6 Å². The Bertz CT molecular complexity index is 465. The van der Waals surface area contributed by atoms with Crippen molar-refractivity contribution < 1.29 is 19.1 Å². The quantitative estimate of drug-likeness (QED) is 0.803. The van der Waals surface area contributed by atoms with Crippen LogP contribution in [0.3, 0.4) is 0 Å². The summed E-state index contributed by atoms with van der Waals surface area (Å²) in [5.74, 6) is 0.239. The molecule has 0 radical (unpaired) electrons. The minimum absolute atomic E-state index is 0.00406. The first kappa shape index (κ1) is 14.4. The Morgan fingerprint density at radius 2 is 1.95 bits per heavy atom. The molecule has 0 unspecified atom stereocenters. The fraction of sp³-hybridized carbons (Fsp3) is 0.467. The number of carbonyl (C=O) groups is 2. The summed E-state index contributed by atoms with van der Waals surface area (Å²) in [7, 11) is 1.60. The van der Waals surface area contributed by atoms with Gasteiger partial charge < -0.3 is 14.8 Å². The Balaban J connectivity index is 1.67. The standard InChI is InChI=1S/C15H19NO4/c1-19-13-7-5-11(6-8-13)9-16-14(17)10-20-15(18)12-3-2-4-12/h5-8,12H,2-4,9-10H2,1H3,(H,16,17). The van der Waals surface area contributed by atoms with Gasteiger partial charge in [0.05, 0.1) is 13.0 Å². The molecule has 20 heavy (non-hydrogen) atoms. The van der Waals surface area contributed by atoms with Crippen molar-refractivity contribution in [3.63, 3.8) is 0 Å². The van der Waals surface area contributed by atoms with Gasteiger partial charge in [-0.2, -0.15) is 0 Å². The molecule has 5 nitrogen and oxygen atoms in total. The van der Waals surface area contributed by atoms with E-state index in [2.05, 4.69) is 5.32 Å². The second-order valence-corrected chi connectivity index (χ2v) is 4.86. The van der Waals surface area contributed by atoms with Gasteiger partial charge in [-0.05, 0) is 30.5 Å². The number of rotatable bonds is 6. The van der Waals surface area contributed by atoms with Crippen LogP contribution < -0.4 is 10.1 Å². The number of benzene rings is 1. The van der Waals surface area contributed by atoms with E-state index < -0.39 is 0 Å². The van der Waals surface area contributed by atoms with Crippen LogP contribution >= 0.6 is 0 Å². The van der Waals surface area contributed by atoms with Crippen molar-refractivity contribution in [3.05, 3.63) is 29.8 Å². The van der Waals surface area contributed by atoms with Gasteiger partial charge in [0, 0.05) is 6.54 Å². The molecule has 0 saturated heterocycles. The Kier molecular flexibility index (Phi) is 4.98. The molecule has 0 heterocycles. The lowest BCUT2D eigenvalue weighted by Gasteiger charge is -2.22. The number of hydrogen-bond donors (Lipinski definition) is 1. The number of ether oxygens (including phenoxy) is 2. The van der Waals surface area contributed by atoms with Crippen molar-refractivity contribution in [2.24, 2.45) is 5.92 Å². The molecule has 1 amide bonds. The fourth-order valence-electron chi connectivity index (χ4n) is 1.89. The molecule has 2 rings (SSSR count). The summed E-state index contributed by atoms with van der Waals surface area (Å²) in [6, 6.07) is 7.41. The SMILES string of the molecule is COc1ccc(CNC(=O)COC(=O)C2CCC2)cc1. The Morgan fingerprint density at radius 3 is 2.50 bits per heavy atom. The molecule has 0 bridgehead atoms. The highest BCUT2D eigenvalue weighted by molar-refractivity contribution is 5.81. The van der Waals surface area contributed by atoms with E-state index in [-0.39, 0.29) is 24.4 Å². The van der Waals surface area contributed by atoms with E-state index in [1.807, 2.05) is 24.3 Å². The molecule has 1 aliphatic carbocycles. The lowest BCUT2D eigenvalue weighted by Crippen LogP contribution is -2.31. The maximum atomic E-state index is 11.6. The summed E-state index contributed by atoms with van der Waals surface area (Å²) >= 11 is 0. The van der Waals surface area contributed by atoms with E-state index in [0.717, 1.165) is 30.6 Å². The van der Waals surface area contributed by atoms with Crippen molar-refractivity contribution in [1.82, 2.24) is 5.32 Å². The van der Waals surface area contributed by atoms with E-state index in [9.17, 15) is 9.59 Å². The molecular weight excluding hydrogens is 258 g/mol. The van der Waals surface area contributed by atoms with Crippen LogP contribution in [0.5, 0.6) is 5.75 Å². The zero-order valence-electron chi connectivity index (χ0n) is 11.6. The second-order valence-electron chi connectivity index (χ2n) is 4.86. The molecule has 1 N–H and O–H groups in total. The number of carbonyl (C=O) groups excluding carboxylic acids is 2. The highest BCUT2D eigenvalue weighted by Crippen LogP contribution is 2.27. The summed E-state index contributed by atoms with van der Waals surface area (Å²) in [5, 5.41) is 2.71. The molecule has 1 aromatic rings. The van der Waals surface area contributed by atoms with E-state index in [4.69, 9.17) is 9.47 Å². The van der Waals surface area contributed by atoms with Gasteiger partial charge in [0.1, 0.15) is 5.75 Å². The Morgan fingerprint density at radius 1 is 1.25 bits per heavy atom. The lowest BCUT2D eigenvalue weighted by atomic mass is 9.86. The summed E-state index contributed by atoms with van der Waals surface area (Å²) in [6.07, 6.45) is 2.84. The van der Waals surface area contributed by atoms with Crippen LogP contribution in [0.2, 0.25) is 0 Å². The van der Waals surface area contributed by atoms with E-state index in [1.54, 1.807) is 7.11 Å². The number of amides is 1. The Labute approximate surface area is 118 Å². The monoisotopic (exact) mass is 277 g/mol. The first-order valence-corrected chi connectivity index (χ1v) is 6.75. The Hall–Kier alpha value is -2.04. The van der Waals surface area contributed by atoms with Crippen molar-refractivity contribution in [3.8, 4) is 5.75 Å². The summed E-state index contributed by atoms with van der Waals surface area (Å²) in [6.45, 7) is 0.204. The number of hydrogen-bond acceptors (Lipinski definition) is 4. The number of esters is 1. The van der Waals surface area contributed by atoms with Crippen LogP contribution in [0.4, 0.5) is 0 Å². The predicted molar refractivity (Wildman–Crippen MR) is 73.1 cm³/mol. The predicted octanol–water partition coefficient (Wildman–Crippen LogP) is 1.65. The zero-order valence-corrected chi connectivity index (χ0v) is 11.6. The fourth-order valence-corrected chi connectivity index (χ4v) is 1.89. The van der Waals surface area contributed by atoms with Crippen LogP contribution in [0.15, 0.2) is 24.3 Å². The van der Waals surface area contributed by atoms with Crippen LogP contribution in [-0.4, -0.2) is 25.6 Å². The van der Waals surface area contributed by atoms with Crippen LogP contribution in [-0.2, 0) is 20.9 Å². The van der Waals surface area contributed by atoms with Gasteiger partial charge in [0.25, 0.3) is 5.91 Å². The van der Waals surface area contributed by atoms with Crippen molar-refractivity contribution in [2.45, 2.75) is 25.8 Å². The molecule has 1 aromatic carbocycles. The van der Waals surface area contributed by atoms with Gasteiger partial charge in [0.2, 0.25) is 0 Å². The minimum Gasteiger partial charge on any atom is -0.497 e. The molecule has 5 heteroatoms. The third kappa shape index (κ3) is 3.98. The first-order chi connectivity index (χ1) is 9.69. The average molecular weight is 277 g/mol. The van der Waals surface area contributed by atoms with Gasteiger partial charge in [0.15, 0.2) is 6.61 Å². The zero-order chi connectivity index (χ0) is 14.4. The van der Waals surface area contributed by atoms with Gasteiger partial charge in [-0.15, -0.1) is 0 Å². The number of methoxy groups -OCH3 is 1. The number of nitrogens with one attached hydrogen (secondary N) is 1. The molecule has 108 valence electrons. The molecular formula is C15H19NO4. The molecule has 0 atom stereocenters. The van der Waals surface area contributed by atoms with Crippen molar-refractivity contribution in [1.29, 1.82) is 0 Å². The minimum atomic E-state index is -0.284. The molecule has 1 aliphatic rings. The summed E-state index contributed by atoms with van der Waals surface area (Å²) in [4.78, 5) is 23.0. The summed E-state index contributed by atoms with van der Waals surface area (Å²) < 4.78 is 10.0. The normalized spacial score (nSPS) is 14.2. The third-order valence-corrected chi connectivity index (χ3v) is 3.43. The molecule has 1 fully saturated rings. The van der Waals surface area contributed by atoms with E-state index >= 15 is 0 Å². The lowest BCUT2D eigenvalue weighted by molar-refractivity contribution is -0.155. The van der Waals surface area contributed by atoms with Gasteiger partial charge in [-0.25, -0.2) is 0 Å². The second kappa shape index (κ2) is 6.93. The highest BCUT2D eigenvalue weighted by Gasteiger charge is 2.26. The molecule has 1 saturated carbocycles. The molecule has 0 aromatic heterocycles. The highest BCUT2D eigenvalue weighted by atomic mass is 16.5. The maximum absolute atomic E-state index is 11.6. The van der Waals surface area contributed by atoms with Crippen molar-refractivity contribution in [2.75, 3.05) is 13.7 Å². The molecule has 0 spiro atoms. The largest absolute Gasteiger partial charge is 0.497 e. The van der Waals surface area contributed by atoms with Crippen molar-refractivity contribution >= 4 is 11.9 Å². The average Bonchev–Trinajstić information content (AvgIpc) is 2.41. The van der Waals surface area contributed by atoms with E-state index in [0.29, 0.717) is 6.54 Å². The molecule has 0 aliphatic heterocycles. The smallest absolute Gasteiger partial charge is 0.309 e. The first-order valence-electron chi connectivity index (χ1n) is 6.75.